The van der Waals surface area contributed by atoms with E-state index in [0.717, 1.165) is 18.5 Å². The van der Waals surface area contributed by atoms with Gasteiger partial charge in [-0.2, -0.15) is 5.10 Å². The van der Waals surface area contributed by atoms with Crippen molar-refractivity contribution in [2.24, 2.45) is 0 Å². The minimum absolute atomic E-state index is 0.292. The molecule has 1 amide bonds. The van der Waals surface area contributed by atoms with Gasteiger partial charge in [-0.1, -0.05) is 6.07 Å². The largest absolute Gasteiger partial charge is 0.342 e. The summed E-state index contributed by atoms with van der Waals surface area (Å²) in [5, 5.41) is 7.07. The number of nitrogens with one attached hydrogen (secondary N) is 2. The van der Waals surface area contributed by atoms with Gasteiger partial charge in [0.1, 0.15) is 11.6 Å². The maximum absolute atomic E-state index is 14.6. The number of hydrogen-bond donors (Lipinski definition) is 2. The molecular weight excluding hydrogens is 357 g/mol. The summed E-state index contributed by atoms with van der Waals surface area (Å²) in [6.07, 6.45) is 7.35. The monoisotopic (exact) mass is 375 g/mol. The minimum Gasteiger partial charge on any atom is -0.342 e. The Balaban J connectivity index is 1.48. The third-order valence-corrected chi connectivity index (χ3v) is 5.10. The Morgan fingerprint density at radius 2 is 2.14 bits per heavy atom. The Bertz CT molecular complexity index is 1200. The molecule has 1 aliphatic carbocycles. The zero-order valence-electron chi connectivity index (χ0n) is 15.2. The molecule has 0 aliphatic heterocycles. The average Bonchev–Trinajstić information content (AvgIpc) is 3.26. The van der Waals surface area contributed by atoms with Crippen LogP contribution in [0.5, 0.6) is 0 Å². The summed E-state index contributed by atoms with van der Waals surface area (Å²) in [6.45, 7) is 1.76. The van der Waals surface area contributed by atoms with Crippen LogP contribution >= 0.6 is 0 Å². The second kappa shape index (κ2) is 6.30. The number of anilines is 1. The molecule has 7 heteroatoms. The first-order valence-corrected chi connectivity index (χ1v) is 9.19. The minimum atomic E-state index is -0.372. The van der Waals surface area contributed by atoms with Crippen molar-refractivity contribution in [2.75, 3.05) is 5.32 Å². The number of carbonyl (C=O) groups excluding carboxylic acids is 1. The van der Waals surface area contributed by atoms with E-state index in [-0.39, 0.29) is 11.7 Å². The first-order valence-electron chi connectivity index (χ1n) is 9.19. The van der Waals surface area contributed by atoms with Crippen LogP contribution in [0.25, 0.3) is 16.9 Å². The van der Waals surface area contributed by atoms with Gasteiger partial charge in [0.15, 0.2) is 0 Å². The van der Waals surface area contributed by atoms with E-state index in [9.17, 15) is 9.18 Å². The van der Waals surface area contributed by atoms with Crippen molar-refractivity contribution < 1.29 is 9.18 Å². The van der Waals surface area contributed by atoms with Crippen molar-refractivity contribution >= 4 is 17.1 Å². The molecule has 0 radical (unpaired) electrons. The number of halogens is 1. The van der Waals surface area contributed by atoms with E-state index in [4.69, 9.17) is 0 Å². The maximum Gasteiger partial charge on any atom is 0.259 e. The number of hydrogen-bond acceptors (Lipinski definition) is 3. The van der Waals surface area contributed by atoms with Gasteiger partial charge in [-0.25, -0.2) is 13.9 Å². The molecule has 4 aromatic rings. The molecule has 0 saturated heterocycles. The van der Waals surface area contributed by atoms with Crippen molar-refractivity contribution in [2.45, 2.75) is 25.7 Å². The van der Waals surface area contributed by atoms with Crippen LogP contribution in [-0.2, 0) is 0 Å². The molecule has 3 aromatic heterocycles. The van der Waals surface area contributed by atoms with E-state index >= 15 is 0 Å². The highest BCUT2D eigenvalue weighted by Crippen LogP contribution is 2.40. The van der Waals surface area contributed by atoms with Crippen LogP contribution in [0, 0.1) is 12.7 Å². The number of aromatic amines is 1. The average molecular weight is 375 g/mol. The third-order valence-electron chi connectivity index (χ3n) is 5.10. The predicted molar refractivity (Wildman–Crippen MR) is 104 cm³/mol. The standard InChI is InChI=1S/C21H18FN5O/c1-12-8-16(22)14(20-23-11-18(25-20)13-5-6-13)9-17(12)26-21(28)15-10-24-27-7-3-2-4-19(15)27/h2-4,7-11,13H,5-6H2,1H3,(H,23,25)(H,26,28). The highest BCUT2D eigenvalue weighted by Gasteiger charge is 2.26. The Labute approximate surface area is 160 Å². The fourth-order valence-corrected chi connectivity index (χ4v) is 3.36. The molecule has 0 bridgehead atoms. The van der Waals surface area contributed by atoms with Crippen LogP contribution < -0.4 is 5.32 Å². The normalized spacial score (nSPS) is 13.8. The smallest absolute Gasteiger partial charge is 0.259 e. The molecule has 3 heterocycles. The van der Waals surface area contributed by atoms with Crippen LogP contribution in [0.1, 0.15) is 40.4 Å². The van der Waals surface area contributed by atoms with Crippen molar-refractivity contribution in [1.29, 1.82) is 0 Å². The number of imidazole rings is 1. The molecule has 140 valence electrons. The van der Waals surface area contributed by atoms with Gasteiger partial charge >= 0.3 is 0 Å². The van der Waals surface area contributed by atoms with Gasteiger partial charge < -0.3 is 10.3 Å². The summed E-state index contributed by atoms with van der Waals surface area (Å²) < 4.78 is 16.2. The molecule has 0 spiro atoms. The SMILES string of the molecule is Cc1cc(F)c(-c2ncc(C3CC3)[nH]2)cc1NC(=O)c1cnn2ccccc12. The van der Waals surface area contributed by atoms with E-state index in [0.29, 0.717) is 39.6 Å². The zero-order valence-corrected chi connectivity index (χ0v) is 15.2. The molecule has 1 fully saturated rings. The Hall–Kier alpha value is -3.48. The van der Waals surface area contributed by atoms with Gasteiger partial charge in [0.25, 0.3) is 5.91 Å². The van der Waals surface area contributed by atoms with Crippen molar-refractivity contribution in [3.05, 3.63) is 71.6 Å². The Morgan fingerprint density at radius 1 is 1.29 bits per heavy atom. The van der Waals surface area contributed by atoms with Crippen molar-refractivity contribution in [3.8, 4) is 11.4 Å². The van der Waals surface area contributed by atoms with Gasteiger partial charge in [0, 0.05) is 29.7 Å². The number of amides is 1. The quantitative estimate of drug-likeness (QED) is 0.558. The van der Waals surface area contributed by atoms with E-state index in [1.807, 2.05) is 18.2 Å². The molecule has 5 rings (SSSR count). The molecule has 6 nitrogen and oxygen atoms in total. The van der Waals surface area contributed by atoms with Crippen LogP contribution in [0.15, 0.2) is 48.9 Å². The fourth-order valence-electron chi connectivity index (χ4n) is 3.36. The van der Waals surface area contributed by atoms with Crippen molar-refractivity contribution in [1.82, 2.24) is 19.6 Å². The van der Waals surface area contributed by atoms with Crippen LogP contribution in [0.2, 0.25) is 0 Å². The number of carbonyl (C=O) groups is 1. The summed E-state index contributed by atoms with van der Waals surface area (Å²) in [4.78, 5) is 20.3. The second-order valence-corrected chi connectivity index (χ2v) is 7.15. The number of nitrogens with zero attached hydrogens (tertiary/aromatic N) is 3. The van der Waals surface area contributed by atoms with Gasteiger partial charge in [0.2, 0.25) is 0 Å². The molecule has 0 atom stereocenters. The number of fused-ring (bicyclic) bond motifs is 1. The number of aromatic nitrogens is 4. The lowest BCUT2D eigenvalue weighted by atomic mass is 10.1. The molecular formula is C21H18FN5O. The van der Waals surface area contributed by atoms with Gasteiger partial charge in [-0.3, -0.25) is 4.79 Å². The first kappa shape index (κ1) is 16.7. The Morgan fingerprint density at radius 3 is 2.96 bits per heavy atom. The lowest BCUT2D eigenvalue weighted by Gasteiger charge is -2.11. The maximum atomic E-state index is 14.6. The fraction of sp³-hybridized carbons (Fsp3) is 0.190. The highest BCUT2D eigenvalue weighted by molar-refractivity contribution is 6.09. The number of benzene rings is 1. The number of rotatable bonds is 4. The lowest BCUT2D eigenvalue weighted by Crippen LogP contribution is -2.13. The molecule has 28 heavy (non-hydrogen) atoms. The van der Waals surface area contributed by atoms with E-state index < -0.39 is 0 Å². The number of aryl methyl sites for hydroxylation is 1. The highest BCUT2D eigenvalue weighted by atomic mass is 19.1. The van der Waals surface area contributed by atoms with Gasteiger partial charge in [-0.05, 0) is 49.6 Å². The summed E-state index contributed by atoms with van der Waals surface area (Å²) in [5.41, 5.74) is 3.72. The van der Waals surface area contributed by atoms with Crippen LogP contribution in [-0.4, -0.2) is 25.5 Å². The summed E-state index contributed by atoms with van der Waals surface area (Å²) in [7, 11) is 0. The topological polar surface area (TPSA) is 75.1 Å². The third kappa shape index (κ3) is 2.85. The van der Waals surface area contributed by atoms with E-state index in [1.165, 1.54) is 12.3 Å². The van der Waals surface area contributed by atoms with Gasteiger partial charge in [-0.15, -0.1) is 0 Å². The summed E-state index contributed by atoms with van der Waals surface area (Å²) in [5.74, 6) is 0.318. The molecule has 0 unspecified atom stereocenters. The second-order valence-electron chi connectivity index (χ2n) is 7.15. The zero-order chi connectivity index (χ0) is 19.3. The molecule has 2 N–H and O–H groups in total. The van der Waals surface area contributed by atoms with Gasteiger partial charge in [0.05, 0.1) is 22.8 Å². The number of pyridine rings is 1. The van der Waals surface area contributed by atoms with E-state index in [1.54, 1.807) is 29.9 Å². The van der Waals surface area contributed by atoms with Crippen LogP contribution in [0.4, 0.5) is 10.1 Å². The predicted octanol–water partition coefficient (Wildman–Crippen LogP) is 4.30. The first-order chi connectivity index (χ1) is 13.6. The lowest BCUT2D eigenvalue weighted by molar-refractivity contribution is 0.102. The molecule has 1 aromatic carbocycles. The van der Waals surface area contributed by atoms with Crippen LogP contribution in [0.3, 0.4) is 0 Å². The Kier molecular flexibility index (Phi) is 3.75. The van der Waals surface area contributed by atoms with Crippen molar-refractivity contribution in [3.63, 3.8) is 0 Å². The molecule has 1 saturated carbocycles. The molecule has 1 aliphatic rings. The number of H-pyrrole nitrogens is 1. The van der Waals surface area contributed by atoms with E-state index in [2.05, 4.69) is 20.4 Å². The summed E-state index contributed by atoms with van der Waals surface area (Å²) in [6, 6.07) is 8.57. The summed E-state index contributed by atoms with van der Waals surface area (Å²) >= 11 is 0.